The number of benzene rings is 1. The molecule has 30 heavy (non-hydrogen) atoms. The molecule has 0 aliphatic rings. The van der Waals surface area contributed by atoms with Crippen LogP contribution < -0.4 is 15.0 Å². The summed E-state index contributed by atoms with van der Waals surface area (Å²) in [6.07, 6.45) is -2.12. The fraction of sp³-hybridized carbons (Fsp3) is 0.176. The highest BCUT2D eigenvalue weighted by Gasteiger charge is 2.33. The average molecular weight is 445 g/mol. The number of aromatic amines is 1. The van der Waals surface area contributed by atoms with E-state index in [0.29, 0.717) is 0 Å². The zero-order valence-electron chi connectivity index (χ0n) is 15.2. The number of halogens is 5. The molecule has 2 heterocycles. The van der Waals surface area contributed by atoms with Crippen molar-refractivity contribution in [2.45, 2.75) is 12.7 Å². The Kier molecular flexibility index (Phi) is 6.06. The van der Waals surface area contributed by atoms with Gasteiger partial charge in [-0.2, -0.15) is 18.3 Å². The molecular formula is C17H13ClF4N6O2. The van der Waals surface area contributed by atoms with E-state index < -0.39 is 23.7 Å². The summed E-state index contributed by atoms with van der Waals surface area (Å²) in [5.41, 5.74) is -0.804. The quantitative estimate of drug-likeness (QED) is 0.573. The molecule has 13 heteroatoms. The van der Waals surface area contributed by atoms with Gasteiger partial charge < -0.3 is 10.1 Å². The van der Waals surface area contributed by atoms with Gasteiger partial charge in [-0.1, -0.05) is 11.6 Å². The molecule has 0 aliphatic carbocycles. The Labute approximate surface area is 171 Å². The minimum Gasteiger partial charge on any atom is -0.467 e. The maximum atomic E-state index is 13.3. The van der Waals surface area contributed by atoms with Crippen molar-refractivity contribution >= 4 is 29.0 Å². The summed E-state index contributed by atoms with van der Waals surface area (Å²) >= 11 is 5.71. The number of rotatable bonds is 5. The first-order chi connectivity index (χ1) is 14.2. The van der Waals surface area contributed by atoms with Gasteiger partial charge in [-0.15, -0.1) is 0 Å². The number of aromatic nitrogens is 4. The molecule has 3 rings (SSSR count). The number of alkyl halides is 3. The van der Waals surface area contributed by atoms with E-state index >= 15 is 0 Å². The third-order valence-electron chi connectivity index (χ3n) is 3.78. The van der Waals surface area contributed by atoms with Crippen LogP contribution in [0.2, 0.25) is 5.02 Å². The van der Waals surface area contributed by atoms with Crippen LogP contribution >= 0.6 is 11.6 Å². The van der Waals surface area contributed by atoms with Crippen molar-refractivity contribution in [3.8, 4) is 6.01 Å². The summed E-state index contributed by atoms with van der Waals surface area (Å²) in [5, 5.41) is 7.74. The van der Waals surface area contributed by atoms with E-state index in [9.17, 15) is 22.4 Å². The van der Waals surface area contributed by atoms with Gasteiger partial charge in [0.2, 0.25) is 0 Å². The van der Waals surface area contributed by atoms with Crippen LogP contribution in [-0.2, 0) is 12.7 Å². The number of carbonyl (C=O) groups excluding carboxylic acids is 1. The van der Waals surface area contributed by atoms with E-state index in [4.69, 9.17) is 16.3 Å². The molecule has 0 fully saturated rings. The SMILES string of the molecule is COc1ncc(N(Cc2cc(C(F)(F)F)[nH]n2)C(=O)Nc2ccc(F)c(Cl)c2)cn1. The Morgan fingerprint density at radius 1 is 1.27 bits per heavy atom. The van der Waals surface area contributed by atoms with E-state index in [0.717, 1.165) is 17.0 Å². The van der Waals surface area contributed by atoms with Crippen LogP contribution in [0.3, 0.4) is 0 Å². The molecule has 8 nitrogen and oxygen atoms in total. The van der Waals surface area contributed by atoms with Crippen molar-refractivity contribution in [1.82, 2.24) is 20.2 Å². The van der Waals surface area contributed by atoms with Crippen molar-refractivity contribution in [2.24, 2.45) is 0 Å². The lowest BCUT2D eigenvalue weighted by Gasteiger charge is -2.22. The number of urea groups is 1. The molecular weight excluding hydrogens is 432 g/mol. The molecule has 0 unspecified atom stereocenters. The predicted octanol–water partition coefficient (Wildman–Crippen LogP) is 4.26. The second-order valence-electron chi connectivity index (χ2n) is 5.84. The Balaban J connectivity index is 1.88. The summed E-state index contributed by atoms with van der Waals surface area (Å²) in [7, 11) is 1.35. The number of methoxy groups -OCH3 is 1. The lowest BCUT2D eigenvalue weighted by Crippen LogP contribution is -2.35. The van der Waals surface area contributed by atoms with E-state index in [1.54, 1.807) is 0 Å². The van der Waals surface area contributed by atoms with Crippen LogP contribution in [0.4, 0.5) is 33.7 Å². The average Bonchev–Trinajstić information content (AvgIpc) is 3.18. The molecule has 2 aromatic heterocycles. The third kappa shape index (κ3) is 4.95. The van der Waals surface area contributed by atoms with Crippen molar-refractivity contribution in [2.75, 3.05) is 17.3 Å². The van der Waals surface area contributed by atoms with Crippen LogP contribution in [0, 0.1) is 5.82 Å². The fourth-order valence-corrected chi connectivity index (χ4v) is 2.53. The Morgan fingerprint density at radius 2 is 1.97 bits per heavy atom. The molecule has 0 radical (unpaired) electrons. The second-order valence-corrected chi connectivity index (χ2v) is 6.25. The van der Waals surface area contributed by atoms with Crippen LogP contribution in [0.15, 0.2) is 36.7 Å². The fourth-order valence-electron chi connectivity index (χ4n) is 2.35. The maximum absolute atomic E-state index is 13.3. The van der Waals surface area contributed by atoms with E-state index in [1.165, 1.54) is 31.6 Å². The molecule has 1 aromatic carbocycles. The molecule has 0 bridgehead atoms. The number of ether oxygens (including phenoxy) is 1. The molecule has 2 N–H and O–H groups in total. The first-order valence-electron chi connectivity index (χ1n) is 8.18. The summed E-state index contributed by atoms with van der Waals surface area (Å²) < 4.78 is 56.6. The summed E-state index contributed by atoms with van der Waals surface area (Å²) in [4.78, 5) is 21.6. The zero-order chi connectivity index (χ0) is 21.9. The minimum atomic E-state index is -4.62. The molecule has 0 saturated heterocycles. The van der Waals surface area contributed by atoms with E-state index in [2.05, 4.69) is 20.4 Å². The Hall–Kier alpha value is -3.41. The third-order valence-corrected chi connectivity index (χ3v) is 4.07. The first-order valence-corrected chi connectivity index (χ1v) is 8.56. The maximum Gasteiger partial charge on any atom is 0.432 e. The first kappa shape index (κ1) is 21.3. The van der Waals surface area contributed by atoms with Gasteiger partial charge in [0.05, 0.1) is 42.5 Å². The number of H-pyrrole nitrogens is 1. The van der Waals surface area contributed by atoms with Gasteiger partial charge >= 0.3 is 18.2 Å². The number of hydrogen-bond donors (Lipinski definition) is 2. The van der Waals surface area contributed by atoms with Crippen LogP contribution in [-0.4, -0.2) is 33.3 Å². The van der Waals surface area contributed by atoms with Gasteiger partial charge in [0.15, 0.2) is 0 Å². The Bertz CT molecular complexity index is 1040. The number of carbonyl (C=O) groups is 1. The minimum absolute atomic E-state index is 0.0311. The van der Waals surface area contributed by atoms with Gasteiger partial charge in [0.25, 0.3) is 0 Å². The van der Waals surface area contributed by atoms with Gasteiger partial charge in [-0.25, -0.2) is 19.2 Å². The van der Waals surface area contributed by atoms with Crippen molar-refractivity contribution in [1.29, 1.82) is 0 Å². The largest absolute Gasteiger partial charge is 0.467 e. The summed E-state index contributed by atoms with van der Waals surface area (Å²) in [6, 6.07) is 3.57. The molecule has 0 saturated carbocycles. The lowest BCUT2D eigenvalue weighted by molar-refractivity contribution is -0.141. The monoisotopic (exact) mass is 444 g/mol. The van der Waals surface area contributed by atoms with Crippen LogP contribution in [0.1, 0.15) is 11.4 Å². The van der Waals surface area contributed by atoms with E-state index in [-0.39, 0.29) is 34.6 Å². The number of hydrogen-bond acceptors (Lipinski definition) is 5. The molecule has 2 amide bonds. The second kappa shape index (κ2) is 8.53. The number of amides is 2. The van der Waals surface area contributed by atoms with Gasteiger partial charge in [0, 0.05) is 5.69 Å². The molecule has 158 valence electrons. The highest BCUT2D eigenvalue weighted by Crippen LogP contribution is 2.28. The van der Waals surface area contributed by atoms with Crippen molar-refractivity contribution in [3.05, 3.63) is 58.9 Å². The highest BCUT2D eigenvalue weighted by atomic mass is 35.5. The van der Waals surface area contributed by atoms with Crippen LogP contribution in [0.5, 0.6) is 6.01 Å². The number of nitrogens with zero attached hydrogens (tertiary/aromatic N) is 4. The smallest absolute Gasteiger partial charge is 0.432 e. The Morgan fingerprint density at radius 3 is 2.53 bits per heavy atom. The van der Waals surface area contributed by atoms with Gasteiger partial charge in [-0.3, -0.25) is 10.00 Å². The topological polar surface area (TPSA) is 96.0 Å². The van der Waals surface area contributed by atoms with Gasteiger partial charge in [-0.05, 0) is 24.3 Å². The zero-order valence-corrected chi connectivity index (χ0v) is 15.9. The van der Waals surface area contributed by atoms with Crippen molar-refractivity contribution < 1.29 is 27.1 Å². The molecule has 0 aliphatic heterocycles. The normalized spacial score (nSPS) is 11.3. The number of anilines is 2. The summed E-state index contributed by atoms with van der Waals surface area (Å²) in [6.45, 7) is -0.344. The van der Waals surface area contributed by atoms with Gasteiger partial charge in [0.1, 0.15) is 11.5 Å². The van der Waals surface area contributed by atoms with Crippen molar-refractivity contribution in [3.63, 3.8) is 0 Å². The standard InChI is InChI=1S/C17H13ClF4N6O2/c1-30-15-23-6-11(7-24-15)28(8-10-5-14(27-26-10)17(20,21)22)16(29)25-9-2-3-13(19)12(18)4-9/h2-7H,8H2,1H3,(H,25,29)(H,26,27). The summed E-state index contributed by atoms with van der Waals surface area (Å²) in [5.74, 6) is -0.675. The molecule has 3 aromatic rings. The highest BCUT2D eigenvalue weighted by molar-refractivity contribution is 6.31. The van der Waals surface area contributed by atoms with Crippen LogP contribution in [0.25, 0.3) is 0 Å². The lowest BCUT2D eigenvalue weighted by atomic mass is 10.3. The predicted molar refractivity (Wildman–Crippen MR) is 98.8 cm³/mol. The molecule has 0 atom stereocenters. The van der Waals surface area contributed by atoms with E-state index in [1.807, 2.05) is 5.10 Å². The molecule has 0 spiro atoms. The number of nitrogens with one attached hydrogen (secondary N) is 2.